The summed E-state index contributed by atoms with van der Waals surface area (Å²) >= 11 is 3.42. The van der Waals surface area contributed by atoms with E-state index in [2.05, 4.69) is 33.4 Å². The molecule has 1 aromatic carbocycles. The number of benzene rings is 1. The minimum atomic E-state index is -0.229. The summed E-state index contributed by atoms with van der Waals surface area (Å²) in [5, 5.41) is 11.1. The van der Waals surface area contributed by atoms with Crippen molar-refractivity contribution in [2.24, 2.45) is 0 Å². The Kier molecular flexibility index (Phi) is 4.42. The van der Waals surface area contributed by atoms with Gasteiger partial charge in [0.2, 0.25) is 0 Å². The third-order valence-corrected chi connectivity index (χ3v) is 2.27. The van der Waals surface area contributed by atoms with Crippen LogP contribution in [0.3, 0.4) is 0 Å². The van der Waals surface area contributed by atoms with E-state index in [1.165, 1.54) is 5.56 Å². The molecular weight excluding hydrogens is 230 g/mol. The van der Waals surface area contributed by atoms with E-state index in [4.69, 9.17) is 5.11 Å². The molecule has 0 saturated carbocycles. The maximum Gasteiger partial charge on any atom is 0.102 e. The molecule has 0 saturated heterocycles. The summed E-state index contributed by atoms with van der Waals surface area (Å²) in [5.74, 6) is 0. The lowest BCUT2D eigenvalue weighted by Gasteiger charge is -2.03. The molecule has 0 spiro atoms. The van der Waals surface area contributed by atoms with E-state index in [9.17, 15) is 0 Å². The van der Waals surface area contributed by atoms with Gasteiger partial charge in [0.05, 0.1) is 6.10 Å². The fourth-order valence-corrected chi connectivity index (χ4v) is 1.60. The van der Waals surface area contributed by atoms with Gasteiger partial charge in [0, 0.05) is 10.0 Å². The molecule has 0 amide bonds. The van der Waals surface area contributed by atoms with Gasteiger partial charge >= 0.3 is 0 Å². The molecule has 0 fully saturated rings. The summed E-state index contributed by atoms with van der Waals surface area (Å²) in [5.41, 5.74) is 1.27. The highest BCUT2D eigenvalue weighted by atomic mass is 79.9. The van der Waals surface area contributed by atoms with Crippen molar-refractivity contribution in [2.75, 3.05) is 6.54 Å². The zero-order valence-electron chi connectivity index (χ0n) is 7.70. The van der Waals surface area contributed by atoms with Crippen LogP contribution in [-0.4, -0.2) is 17.8 Å². The predicted molar refractivity (Wildman–Crippen MR) is 56.3 cm³/mol. The molecule has 0 aromatic heterocycles. The van der Waals surface area contributed by atoms with Crippen molar-refractivity contribution >= 4 is 15.9 Å². The third kappa shape index (κ3) is 4.41. The van der Waals surface area contributed by atoms with Gasteiger partial charge in [-0.15, -0.1) is 0 Å². The summed E-state index contributed by atoms with van der Waals surface area (Å²) in [6.07, 6.45) is -0.229. The first kappa shape index (κ1) is 10.7. The van der Waals surface area contributed by atoms with Crippen molar-refractivity contribution in [1.29, 1.82) is 0 Å². The van der Waals surface area contributed by atoms with Gasteiger partial charge in [0.25, 0.3) is 0 Å². The lowest BCUT2D eigenvalue weighted by Crippen LogP contribution is -2.84. The smallest absolute Gasteiger partial charge is 0.102 e. The highest BCUT2D eigenvalue weighted by Gasteiger charge is 1.99. The van der Waals surface area contributed by atoms with E-state index < -0.39 is 0 Å². The Hall–Kier alpha value is -0.380. The molecule has 3 N–H and O–H groups in total. The first-order chi connectivity index (χ1) is 6.18. The fraction of sp³-hybridized carbons (Fsp3) is 0.400. The van der Waals surface area contributed by atoms with Crippen LogP contribution in [0.4, 0.5) is 0 Å². The van der Waals surface area contributed by atoms with Crippen molar-refractivity contribution in [3.8, 4) is 0 Å². The van der Waals surface area contributed by atoms with Crippen molar-refractivity contribution < 1.29 is 10.4 Å². The predicted octanol–water partition coefficient (Wildman–Crippen LogP) is 0.893. The molecule has 0 aliphatic carbocycles. The Morgan fingerprint density at radius 2 is 2.31 bits per heavy atom. The number of aliphatic hydroxyl groups is 1. The highest BCUT2D eigenvalue weighted by molar-refractivity contribution is 9.10. The SMILES string of the molecule is C[C@@H](O)C[NH2+]Cc1cccc(Br)c1. The molecular formula is C10H15BrNO+. The Morgan fingerprint density at radius 1 is 1.54 bits per heavy atom. The summed E-state index contributed by atoms with van der Waals surface area (Å²) < 4.78 is 1.11. The largest absolute Gasteiger partial charge is 0.388 e. The Balaban J connectivity index is 2.37. The van der Waals surface area contributed by atoms with Gasteiger partial charge in [-0.2, -0.15) is 0 Å². The van der Waals surface area contributed by atoms with Gasteiger partial charge in [0.15, 0.2) is 0 Å². The van der Waals surface area contributed by atoms with E-state index in [1.54, 1.807) is 6.92 Å². The molecule has 0 bridgehead atoms. The van der Waals surface area contributed by atoms with Gasteiger partial charge in [-0.05, 0) is 19.1 Å². The summed E-state index contributed by atoms with van der Waals surface area (Å²) in [6, 6.07) is 8.22. The number of rotatable bonds is 4. The molecule has 0 aliphatic rings. The van der Waals surface area contributed by atoms with Crippen LogP contribution < -0.4 is 5.32 Å². The van der Waals surface area contributed by atoms with Crippen LogP contribution >= 0.6 is 15.9 Å². The molecule has 1 aromatic rings. The second-order valence-electron chi connectivity index (χ2n) is 3.21. The topological polar surface area (TPSA) is 36.8 Å². The van der Waals surface area contributed by atoms with Gasteiger partial charge in [0.1, 0.15) is 13.1 Å². The zero-order valence-corrected chi connectivity index (χ0v) is 9.29. The van der Waals surface area contributed by atoms with Gasteiger partial charge in [-0.25, -0.2) is 0 Å². The van der Waals surface area contributed by atoms with E-state index in [-0.39, 0.29) is 6.10 Å². The molecule has 0 unspecified atom stereocenters. The maximum atomic E-state index is 9.04. The number of hydrogen-bond donors (Lipinski definition) is 2. The minimum absolute atomic E-state index is 0.229. The normalized spacial score (nSPS) is 12.8. The first-order valence-electron chi connectivity index (χ1n) is 4.42. The number of quaternary nitrogens is 1. The monoisotopic (exact) mass is 244 g/mol. The molecule has 13 heavy (non-hydrogen) atoms. The maximum absolute atomic E-state index is 9.04. The van der Waals surface area contributed by atoms with Crippen LogP contribution in [0.1, 0.15) is 12.5 Å². The van der Waals surface area contributed by atoms with Gasteiger partial charge in [-0.3, -0.25) is 0 Å². The highest BCUT2D eigenvalue weighted by Crippen LogP contribution is 2.10. The molecule has 2 nitrogen and oxygen atoms in total. The second-order valence-corrected chi connectivity index (χ2v) is 4.12. The molecule has 3 heteroatoms. The Labute approximate surface area is 87.1 Å². The van der Waals surface area contributed by atoms with Crippen molar-refractivity contribution in [2.45, 2.75) is 19.6 Å². The number of aliphatic hydroxyl groups excluding tert-OH is 1. The third-order valence-electron chi connectivity index (χ3n) is 1.78. The number of nitrogens with two attached hydrogens (primary N) is 1. The van der Waals surface area contributed by atoms with E-state index in [1.807, 2.05) is 12.1 Å². The number of halogens is 1. The molecule has 0 radical (unpaired) electrons. The molecule has 72 valence electrons. The minimum Gasteiger partial charge on any atom is -0.388 e. The quantitative estimate of drug-likeness (QED) is 0.812. The summed E-state index contributed by atoms with van der Waals surface area (Å²) in [4.78, 5) is 0. The molecule has 0 aliphatic heterocycles. The van der Waals surface area contributed by atoms with Crippen molar-refractivity contribution in [3.63, 3.8) is 0 Å². The first-order valence-corrected chi connectivity index (χ1v) is 5.22. The molecule has 1 atom stereocenters. The summed E-state index contributed by atoms with van der Waals surface area (Å²) in [6.45, 7) is 3.48. The lowest BCUT2D eigenvalue weighted by atomic mass is 10.2. The van der Waals surface area contributed by atoms with E-state index in [0.717, 1.165) is 17.6 Å². The van der Waals surface area contributed by atoms with Crippen molar-refractivity contribution in [3.05, 3.63) is 34.3 Å². The van der Waals surface area contributed by atoms with Crippen LogP contribution in [0.5, 0.6) is 0 Å². The van der Waals surface area contributed by atoms with Crippen LogP contribution in [0.25, 0.3) is 0 Å². The Morgan fingerprint density at radius 3 is 2.92 bits per heavy atom. The van der Waals surface area contributed by atoms with Crippen LogP contribution in [-0.2, 0) is 6.54 Å². The fourth-order valence-electron chi connectivity index (χ4n) is 1.16. The summed E-state index contributed by atoms with van der Waals surface area (Å²) in [7, 11) is 0. The van der Waals surface area contributed by atoms with Crippen molar-refractivity contribution in [1.82, 2.24) is 0 Å². The van der Waals surface area contributed by atoms with Crippen LogP contribution in [0.2, 0.25) is 0 Å². The Bertz CT molecular complexity index is 263. The van der Waals surface area contributed by atoms with Crippen LogP contribution in [0.15, 0.2) is 28.7 Å². The molecule has 0 heterocycles. The zero-order chi connectivity index (χ0) is 9.68. The second kappa shape index (κ2) is 5.37. The van der Waals surface area contributed by atoms with E-state index >= 15 is 0 Å². The van der Waals surface area contributed by atoms with E-state index in [0.29, 0.717) is 0 Å². The standard InChI is InChI=1S/C10H14BrNO/c1-8(13)6-12-7-9-3-2-4-10(11)5-9/h2-5,8,12-13H,6-7H2,1H3/p+1/t8-/m1/s1. The number of hydrogen-bond acceptors (Lipinski definition) is 1. The lowest BCUT2D eigenvalue weighted by molar-refractivity contribution is -0.676. The average Bonchev–Trinajstić information content (AvgIpc) is 2.03. The van der Waals surface area contributed by atoms with Crippen LogP contribution in [0, 0.1) is 0 Å². The van der Waals surface area contributed by atoms with Gasteiger partial charge < -0.3 is 10.4 Å². The van der Waals surface area contributed by atoms with Gasteiger partial charge in [-0.1, -0.05) is 28.1 Å². The average molecular weight is 245 g/mol. The molecule has 1 rings (SSSR count).